The summed E-state index contributed by atoms with van der Waals surface area (Å²) in [6.45, 7) is 0.334. The number of aliphatic hydroxyl groups is 1. The number of benzene rings is 1. The highest BCUT2D eigenvalue weighted by molar-refractivity contribution is 9.10. The fourth-order valence-electron chi connectivity index (χ4n) is 4.31. The number of rotatable bonds is 5. The third kappa shape index (κ3) is 3.22. The highest BCUT2D eigenvalue weighted by Crippen LogP contribution is 2.50. The van der Waals surface area contributed by atoms with Gasteiger partial charge in [0.2, 0.25) is 0 Å². The van der Waals surface area contributed by atoms with Crippen molar-refractivity contribution in [2.24, 2.45) is 23.7 Å². The molecule has 2 aliphatic carbocycles. The van der Waals surface area contributed by atoms with E-state index in [1.54, 1.807) is 0 Å². The van der Waals surface area contributed by atoms with Crippen LogP contribution in [-0.2, 0) is 6.42 Å². The second-order valence-electron chi connectivity index (χ2n) is 6.55. The summed E-state index contributed by atoms with van der Waals surface area (Å²) in [6.07, 6.45) is 8.06. The van der Waals surface area contributed by atoms with Crippen LogP contribution in [0.25, 0.3) is 0 Å². The van der Waals surface area contributed by atoms with Crippen LogP contribution in [-0.4, -0.2) is 11.7 Å². The van der Waals surface area contributed by atoms with Gasteiger partial charge in [0.05, 0.1) is 0 Å². The predicted molar refractivity (Wildman–Crippen MR) is 82.0 cm³/mol. The first kappa shape index (κ1) is 13.6. The van der Waals surface area contributed by atoms with E-state index in [-0.39, 0.29) is 0 Å². The third-order valence-electron chi connectivity index (χ3n) is 5.19. The van der Waals surface area contributed by atoms with Crippen LogP contribution in [0.3, 0.4) is 0 Å². The number of hydrogen-bond acceptors (Lipinski definition) is 1. The maximum Gasteiger partial charge on any atom is 0.0462 e. The first-order chi connectivity index (χ1) is 9.24. The summed E-state index contributed by atoms with van der Waals surface area (Å²) in [4.78, 5) is 0. The van der Waals surface area contributed by atoms with E-state index in [2.05, 4.69) is 40.2 Å². The van der Waals surface area contributed by atoms with Gasteiger partial charge < -0.3 is 5.11 Å². The van der Waals surface area contributed by atoms with E-state index in [9.17, 15) is 5.11 Å². The van der Waals surface area contributed by atoms with Crippen molar-refractivity contribution >= 4 is 15.9 Å². The Labute approximate surface area is 124 Å². The zero-order chi connectivity index (χ0) is 13.2. The lowest BCUT2D eigenvalue weighted by molar-refractivity contribution is 0.178. The monoisotopic (exact) mass is 322 g/mol. The van der Waals surface area contributed by atoms with E-state index in [4.69, 9.17) is 0 Å². The minimum atomic E-state index is 0.334. The summed E-state index contributed by atoms with van der Waals surface area (Å²) in [5.74, 6) is 3.32. The van der Waals surface area contributed by atoms with Crippen molar-refractivity contribution < 1.29 is 5.11 Å². The highest BCUT2D eigenvalue weighted by atomic mass is 79.9. The smallest absolute Gasteiger partial charge is 0.0462 e. The van der Waals surface area contributed by atoms with Crippen molar-refractivity contribution in [3.8, 4) is 0 Å². The molecule has 1 nitrogen and oxygen atoms in total. The minimum absolute atomic E-state index is 0.334. The van der Waals surface area contributed by atoms with Crippen LogP contribution in [0, 0.1) is 23.7 Å². The van der Waals surface area contributed by atoms with Gasteiger partial charge in [0.25, 0.3) is 0 Å². The van der Waals surface area contributed by atoms with Crippen molar-refractivity contribution in [1.82, 2.24) is 0 Å². The molecule has 0 amide bonds. The first-order valence-corrected chi connectivity index (χ1v) is 8.39. The van der Waals surface area contributed by atoms with Crippen molar-refractivity contribution in [2.45, 2.75) is 38.5 Å². The van der Waals surface area contributed by atoms with Crippen molar-refractivity contribution in [2.75, 3.05) is 6.61 Å². The van der Waals surface area contributed by atoms with E-state index in [1.165, 1.54) is 37.7 Å². The predicted octanol–water partition coefficient (Wildman–Crippen LogP) is 4.43. The largest absolute Gasteiger partial charge is 0.396 e. The van der Waals surface area contributed by atoms with Gasteiger partial charge in [-0.3, -0.25) is 0 Å². The van der Waals surface area contributed by atoms with Gasteiger partial charge in [0, 0.05) is 11.1 Å². The van der Waals surface area contributed by atoms with Crippen LogP contribution in [0.2, 0.25) is 0 Å². The molecule has 1 N–H and O–H groups in total. The first-order valence-electron chi connectivity index (χ1n) is 7.60. The van der Waals surface area contributed by atoms with Gasteiger partial charge in [0.1, 0.15) is 0 Å². The van der Waals surface area contributed by atoms with Crippen LogP contribution in [0.15, 0.2) is 28.7 Å². The minimum Gasteiger partial charge on any atom is -0.396 e. The highest BCUT2D eigenvalue weighted by Gasteiger charge is 2.39. The van der Waals surface area contributed by atoms with E-state index in [1.807, 2.05) is 0 Å². The topological polar surface area (TPSA) is 20.2 Å². The standard InChI is InChI=1S/C17H23BrO/c18-17-3-1-2-12(10-17)6-14(11-19)9-16-8-13-4-5-15(16)7-13/h1-3,10,13-16,19H,4-9,11H2. The summed E-state index contributed by atoms with van der Waals surface area (Å²) in [5, 5.41) is 9.68. The van der Waals surface area contributed by atoms with Gasteiger partial charge in [-0.05, 0) is 73.5 Å². The van der Waals surface area contributed by atoms with Crippen molar-refractivity contribution in [3.05, 3.63) is 34.3 Å². The zero-order valence-electron chi connectivity index (χ0n) is 11.4. The SMILES string of the molecule is OCC(Cc1cccc(Br)c1)CC1CC2CCC1C2. The van der Waals surface area contributed by atoms with Crippen molar-refractivity contribution in [1.29, 1.82) is 0 Å². The number of hydrogen-bond donors (Lipinski definition) is 1. The Bertz CT molecular complexity index is 431. The van der Waals surface area contributed by atoms with Crippen LogP contribution in [0.5, 0.6) is 0 Å². The summed E-state index contributed by atoms with van der Waals surface area (Å²) >= 11 is 3.53. The van der Waals surface area contributed by atoms with Gasteiger partial charge in [-0.15, -0.1) is 0 Å². The Morgan fingerprint density at radius 1 is 1.26 bits per heavy atom. The summed E-state index contributed by atoms with van der Waals surface area (Å²) in [6, 6.07) is 8.51. The maximum atomic E-state index is 9.68. The normalized spacial score (nSPS) is 30.7. The number of halogens is 1. The molecule has 1 aromatic carbocycles. The van der Waals surface area contributed by atoms with Crippen LogP contribution >= 0.6 is 15.9 Å². The molecule has 104 valence electrons. The Balaban J connectivity index is 1.59. The summed E-state index contributed by atoms with van der Waals surface area (Å²) in [5.41, 5.74) is 1.34. The molecule has 3 rings (SSSR count). The second kappa shape index (κ2) is 5.97. The fourth-order valence-corrected chi connectivity index (χ4v) is 4.76. The molecule has 19 heavy (non-hydrogen) atoms. The molecule has 4 unspecified atom stereocenters. The van der Waals surface area contributed by atoms with Crippen LogP contribution < -0.4 is 0 Å². The molecule has 2 bridgehead atoms. The van der Waals surface area contributed by atoms with Crippen molar-refractivity contribution in [3.63, 3.8) is 0 Å². The third-order valence-corrected chi connectivity index (χ3v) is 5.69. The molecule has 0 spiro atoms. The van der Waals surface area contributed by atoms with Gasteiger partial charge >= 0.3 is 0 Å². The molecule has 4 atom stereocenters. The molecule has 0 saturated heterocycles. The van der Waals surface area contributed by atoms with E-state index in [0.717, 1.165) is 28.6 Å². The van der Waals surface area contributed by atoms with Gasteiger partial charge in [-0.2, -0.15) is 0 Å². The summed E-state index contributed by atoms with van der Waals surface area (Å²) in [7, 11) is 0. The lowest BCUT2D eigenvalue weighted by Gasteiger charge is -2.25. The molecule has 2 saturated carbocycles. The Kier molecular flexibility index (Phi) is 4.28. The zero-order valence-corrected chi connectivity index (χ0v) is 13.0. The van der Waals surface area contributed by atoms with E-state index in [0.29, 0.717) is 12.5 Å². The molecule has 1 aromatic rings. The van der Waals surface area contributed by atoms with E-state index >= 15 is 0 Å². The lowest BCUT2D eigenvalue weighted by Crippen LogP contribution is -2.19. The molecule has 0 aromatic heterocycles. The molecule has 0 aliphatic heterocycles. The Morgan fingerprint density at radius 2 is 2.16 bits per heavy atom. The lowest BCUT2D eigenvalue weighted by atomic mass is 9.81. The maximum absolute atomic E-state index is 9.68. The Morgan fingerprint density at radius 3 is 2.79 bits per heavy atom. The average Bonchev–Trinajstić information content (AvgIpc) is 3.00. The fraction of sp³-hybridized carbons (Fsp3) is 0.647. The number of aliphatic hydroxyl groups excluding tert-OH is 1. The second-order valence-corrected chi connectivity index (χ2v) is 7.47. The molecule has 2 aliphatic rings. The Hall–Kier alpha value is -0.340. The van der Waals surface area contributed by atoms with Gasteiger partial charge in [-0.1, -0.05) is 34.5 Å². The average molecular weight is 323 g/mol. The van der Waals surface area contributed by atoms with Crippen LogP contribution in [0.4, 0.5) is 0 Å². The molecular weight excluding hydrogens is 300 g/mol. The number of fused-ring (bicyclic) bond motifs is 2. The molecule has 2 fully saturated rings. The summed E-state index contributed by atoms with van der Waals surface area (Å²) < 4.78 is 1.14. The van der Waals surface area contributed by atoms with Gasteiger partial charge in [0.15, 0.2) is 0 Å². The molecule has 2 heteroatoms. The van der Waals surface area contributed by atoms with Gasteiger partial charge in [-0.25, -0.2) is 0 Å². The molecular formula is C17H23BrO. The van der Waals surface area contributed by atoms with Crippen LogP contribution in [0.1, 0.15) is 37.7 Å². The quantitative estimate of drug-likeness (QED) is 0.850. The molecule has 0 heterocycles. The molecule has 0 radical (unpaired) electrons. The van der Waals surface area contributed by atoms with E-state index < -0.39 is 0 Å².